The predicted molar refractivity (Wildman–Crippen MR) is 115 cm³/mol. The molecule has 1 aromatic heterocycles. The van der Waals surface area contributed by atoms with E-state index in [1.165, 1.54) is 6.92 Å². The first-order valence-electron chi connectivity index (χ1n) is 10.2. The van der Waals surface area contributed by atoms with E-state index in [2.05, 4.69) is 18.3 Å². The van der Waals surface area contributed by atoms with Gasteiger partial charge in [-0.3, -0.25) is 9.59 Å². The zero-order valence-electron chi connectivity index (χ0n) is 17.4. The average molecular weight is 408 g/mol. The molecule has 1 aromatic carbocycles. The van der Waals surface area contributed by atoms with Crippen molar-refractivity contribution >= 4 is 11.7 Å². The van der Waals surface area contributed by atoms with E-state index in [0.29, 0.717) is 23.6 Å². The smallest absolute Gasteiger partial charge is 0.276 e. The van der Waals surface area contributed by atoms with Gasteiger partial charge in [-0.2, -0.15) is 0 Å². The standard InChI is InChI=1S/C24H28N2O4/c1-4-12-24(13-5-2)14-6-7-15-26(24)23(28)22-16-21(30-25-22)17-29-20-10-8-19(9-11-20)18(3)27/h4-5,8-11,16H,1-2,6-7,12-15,17H2,3H3. The molecule has 0 bridgehead atoms. The maximum atomic E-state index is 13.2. The summed E-state index contributed by atoms with van der Waals surface area (Å²) in [5.41, 5.74) is 0.603. The molecule has 0 spiro atoms. The van der Waals surface area contributed by atoms with Crippen molar-refractivity contribution < 1.29 is 18.8 Å². The molecule has 1 saturated heterocycles. The van der Waals surface area contributed by atoms with E-state index >= 15 is 0 Å². The number of ether oxygens (including phenoxy) is 1. The average Bonchev–Trinajstić information content (AvgIpc) is 3.22. The summed E-state index contributed by atoms with van der Waals surface area (Å²) in [6.45, 7) is 10.1. The van der Waals surface area contributed by atoms with Gasteiger partial charge in [0.05, 0.1) is 5.54 Å². The highest BCUT2D eigenvalue weighted by Gasteiger charge is 2.40. The molecule has 158 valence electrons. The maximum Gasteiger partial charge on any atom is 0.276 e. The number of hydrogen-bond donors (Lipinski definition) is 0. The number of carbonyl (C=O) groups is 2. The monoisotopic (exact) mass is 408 g/mol. The van der Waals surface area contributed by atoms with Crippen molar-refractivity contribution in [3.8, 4) is 5.75 Å². The van der Waals surface area contributed by atoms with Gasteiger partial charge >= 0.3 is 0 Å². The van der Waals surface area contributed by atoms with Crippen molar-refractivity contribution in [1.82, 2.24) is 10.1 Å². The molecule has 1 amide bonds. The minimum atomic E-state index is -0.299. The molecular formula is C24H28N2O4. The second-order valence-electron chi connectivity index (χ2n) is 7.67. The van der Waals surface area contributed by atoms with Crippen molar-refractivity contribution in [3.63, 3.8) is 0 Å². The van der Waals surface area contributed by atoms with Gasteiger partial charge in [-0.15, -0.1) is 13.2 Å². The van der Waals surface area contributed by atoms with Gasteiger partial charge in [-0.1, -0.05) is 17.3 Å². The number of likely N-dealkylation sites (tertiary alicyclic amines) is 1. The number of aromatic nitrogens is 1. The van der Waals surface area contributed by atoms with Gasteiger partial charge in [0.15, 0.2) is 17.2 Å². The van der Waals surface area contributed by atoms with Crippen LogP contribution in [0, 0.1) is 0 Å². The lowest BCUT2D eigenvalue weighted by Crippen LogP contribution is -2.54. The van der Waals surface area contributed by atoms with Crippen LogP contribution in [0.25, 0.3) is 0 Å². The third-order valence-corrected chi connectivity index (χ3v) is 5.56. The van der Waals surface area contributed by atoms with Crippen LogP contribution >= 0.6 is 0 Å². The molecule has 1 aliphatic heterocycles. The summed E-state index contributed by atoms with van der Waals surface area (Å²) < 4.78 is 11.0. The molecule has 30 heavy (non-hydrogen) atoms. The molecule has 6 heteroatoms. The van der Waals surface area contributed by atoms with Crippen LogP contribution in [0.1, 0.15) is 65.6 Å². The third-order valence-electron chi connectivity index (χ3n) is 5.56. The highest BCUT2D eigenvalue weighted by atomic mass is 16.5. The van der Waals surface area contributed by atoms with Crippen LogP contribution in [-0.4, -0.2) is 33.8 Å². The SMILES string of the molecule is C=CCC1(CC=C)CCCCN1C(=O)c1cc(COc2ccc(C(C)=O)cc2)on1. The highest BCUT2D eigenvalue weighted by molar-refractivity contribution is 5.94. The van der Waals surface area contributed by atoms with Gasteiger partial charge in [0.1, 0.15) is 12.4 Å². The number of Topliss-reactive ketones (excluding diaryl/α,β-unsaturated/α-hetero) is 1. The summed E-state index contributed by atoms with van der Waals surface area (Å²) in [5, 5.41) is 3.98. The summed E-state index contributed by atoms with van der Waals surface area (Å²) >= 11 is 0. The normalized spacial score (nSPS) is 15.4. The zero-order valence-corrected chi connectivity index (χ0v) is 17.4. The Morgan fingerprint density at radius 2 is 1.90 bits per heavy atom. The number of benzene rings is 1. The predicted octanol–water partition coefficient (Wildman–Crippen LogP) is 4.97. The maximum absolute atomic E-state index is 13.2. The third kappa shape index (κ3) is 4.70. The van der Waals surface area contributed by atoms with Crippen LogP contribution in [-0.2, 0) is 6.61 Å². The quantitative estimate of drug-likeness (QED) is 0.432. The van der Waals surface area contributed by atoms with Crippen molar-refractivity contribution in [2.75, 3.05) is 6.54 Å². The number of rotatable bonds is 9. The second-order valence-corrected chi connectivity index (χ2v) is 7.67. The largest absolute Gasteiger partial charge is 0.486 e. The Hall–Kier alpha value is -3.15. The lowest BCUT2D eigenvalue weighted by Gasteiger charge is -2.46. The van der Waals surface area contributed by atoms with E-state index in [1.807, 2.05) is 17.1 Å². The number of nitrogens with zero attached hydrogens (tertiary/aromatic N) is 2. The van der Waals surface area contributed by atoms with Crippen molar-refractivity contribution in [2.45, 2.75) is 51.2 Å². The van der Waals surface area contributed by atoms with Crippen LogP contribution < -0.4 is 4.74 Å². The minimum Gasteiger partial charge on any atom is -0.486 e. The highest BCUT2D eigenvalue weighted by Crippen LogP contribution is 2.36. The first-order chi connectivity index (χ1) is 14.5. The van der Waals surface area contributed by atoms with Gasteiger partial charge in [0, 0.05) is 18.2 Å². The zero-order chi connectivity index (χ0) is 21.6. The van der Waals surface area contributed by atoms with E-state index in [9.17, 15) is 9.59 Å². The van der Waals surface area contributed by atoms with Crippen LogP contribution in [0.2, 0.25) is 0 Å². The molecule has 0 radical (unpaired) electrons. The van der Waals surface area contributed by atoms with Crippen molar-refractivity contribution in [3.05, 3.63) is 72.7 Å². The fourth-order valence-corrected chi connectivity index (χ4v) is 4.02. The fraction of sp³-hybridized carbons (Fsp3) is 0.375. The van der Waals surface area contributed by atoms with E-state index in [4.69, 9.17) is 9.26 Å². The molecule has 0 atom stereocenters. The van der Waals surface area contributed by atoms with E-state index < -0.39 is 0 Å². The Morgan fingerprint density at radius 1 is 1.20 bits per heavy atom. The molecule has 2 heterocycles. The first-order valence-corrected chi connectivity index (χ1v) is 10.2. The van der Waals surface area contributed by atoms with Crippen molar-refractivity contribution in [1.29, 1.82) is 0 Å². The van der Waals surface area contributed by atoms with Crippen LogP contribution in [0.5, 0.6) is 5.75 Å². The Labute approximate surface area is 177 Å². The Morgan fingerprint density at radius 3 is 2.53 bits per heavy atom. The fourth-order valence-electron chi connectivity index (χ4n) is 4.02. The number of hydrogen-bond acceptors (Lipinski definition) is 5. The minimum absolute atomic E-state index is 0.00151. The lowest BCUT2D eigenvalue weighted by molar-refractivity contribution is 0.0320. The number of piperidine rings is 1. The number of ketones is 1. The number of amides is 1. The molecular weight excluding hydrogens is 380 g/mol. The van der Waals surface area contributed by atoms with Crippen LogP contribution in [0.15, 0.2) is 60.2 Å². The molecule has 0 aliphatic carbocycles. The van der Waals surface area contributed by atoms with Crippen LogP contribution in [0.4, 0.5) is 0 Å². The molecule has 1 aliphatic rings. The summed E-state index contributed by atoms with van der Waals surface area (Å²) in [6, 6.07) is 8.51. The van der Waals surface area contributed by atoms with Gasteiger partial charge in [-0.25, -0.2) is 0 Å². The molecule has 2 aromatic rings. The molecule has 1 fully saturated rings. The lowest BCUT2D eigenvalue weighted by atomic mass is 9.80. The van der Waals surface area contributed by atoms with Gasteiger partial charge in [-0.05, 0) is 63.3 Å². The molecule has 0 N–H and O–H groups in total. The molecule has 6 nitrogen and oxygen atoms in total. The second kappa shape index (κ2) is 9.57. The first kappa shape index (κ1) is 21.6. The Bertz CT molecular complexity index is 904. The van der Waals surface area contributed by atoms with E-state index in [1.54, 1.807) is 30.3 Å². The Kier molecular flexibility index (Phi) is 6.87. The summed E-state index contributed by atoms with van der Waals surface area (Å²) in [4.78, 5) is 26.5. The summed E-state index contributed by atoms with van der Waals surface area (Å²) in [6.07, 6.45) is 8.13. The van der Waals surface area contributed by atoms with Crippen molar-refractivity contribution in [2.24, 2.45) is 0 Å². The summed E-state index contributed by atoms with van der Waals surface area (Å²) in [5.74, 6) is 0.932. The van der Waals surface area contributed by atoms with E-state index in [0.717, 1.165) is 32.1 Å². The number of carbonyl (C=O) groups excluding carboxylic acids is 2. The van der Waals surface area contributed by atoms with Gasteiger partial charge in [0.2, 0.25) is 0 Å². The Balaban J connectivity index is 1.69. The molecule has 0 saturated carbocycles. The van der Waals surface area contributed by atoms with Crippen LogP contribution in [0.3, 0.4) is 0 Å². The topological polar surface area (TPSA) is 72.6 Å². The van der Waals surface area contributed by atoms with Gasteiger partial charge < -0.3 is 14.2 Å². The summed E-state index contributed by atoms with van der Waals surface area (Å²) in [7, 11) is 0. The molecule has 3 rings (SSSR count). The molecule has 0 unspecified atom stereocenters. The van der Waals surface area contributed by atoms with E-state index in [-0.39, 0.29) is 29.5 Å². The van der Waals surface area contributed by atoms with Gasteiger partial charge in [0.25, 0.3) is 5.91 Å².